The van der Waals surface area contributed by atoms with Gasteiger partial charge in [0, 0.05) is 25.2 Å². The van der Waals surface area contributed by atoms with Gasteiger partial charge in [-0.15, -0.1) is 11.3 Å². The normalized spacial score (nSPS) is 25.7. The van der Waals surface area contributed by atoms with E-state index in [4.69, 9.17) is 4.74 Å². The molecule has 1 amide bonds. The van der Waals surface area contributed by atoms with Gasteiger partial charge in [-0.1, -0.05) is 31.0 Å². The molecule has 2 fully saturated rings. The van der Waals surface area contributed by atoms with E-state index in [2.05, 4.69) is 15.2 Å². The molecule has 2 atom stereocenters. The number of nitrogens with zero attached hydrogens (tertiary/aromatic N) is 2. The van der Waals surface area contributed by atoms with Crippen LogP contribution in [0.25, 0.3) is 0 Å². The summed E-state index contributed by atoms with van der Waals surface area (Å²) in [6.07, 6.45) is 3.97. The summed E-state index contributed by atoms with van der Waals surface area (Å²) in [5, 5.41) is 3.22. The second kappa shape index (κ2) is 8.27. The first kappa shape index (κ1) is 19.5. The second-order valence-electron chi connectivity index (χ2n) is 7.75. The molecule has 7 heteroatoms. The molecule has 2 heterocycles. The summed E-state index contributed by atoms with van der Waals surface area (Å²) in [7, 11) is 0. The van der Waals surface area contributed by atoms with Crippen molar-refractivity contribution in [2.24, 2.45) is 0 Å². The summed E-state index contributed by atoms with van der Waals surface area (Å²) in [5.41, 5.74) is 2.76. The van der Waals surface area contributed by atoms with Crippen molar-refractivity contribution in [2.75, 3.05) is 19.7 Å². The molecule has 5 nitrogen and oxygen atoms in total. The third-order valence-electron chi connectivity index (χ3n) is 5.87. The van der Waals surface area contributed by atoms with E-state index in [9.17, 15) is 9.18 Å². The van der Waals surface area contributed by atoms with E-state index in [1.807, 2.05) is 19.1 Å². The van der Waals surface area contributed by atoms with Gasteiger partial charge in [-0.3, -0.25) is 9.69 Å². The molecule has 1 aromatic carbocycles. The summed E-state index contributed by atoms with van der Waals surface area (Å²) in [6, 6.07) is 6.89. The van der Waals surface area contributed by atoms with Crippen molar-refractivity contribution in [3.63, 3.8) is 0 Å². The van der Waals surface area contributed by atoms with Gasteiger partial charge >= 0.3 is 0 Å². The van der Waals surface area contributed by atoms with E-state index in [0.717, 1.165) is 37.9 Å². The molecular weight excluding hydrogens is 377 g/mol. The van der Waals surface area contributed by atoms with E-state index < -0.39 is 5.60 Å². The van der Waals surface area contributed by atoms with Gasteiger partial charge in [-0.25, -0.2) is 9.37 Å². The highest BCUT2D eigenvalue weighted by molar-refractivity contribution is 7.11. The van der Waals surface area contributed by atoms with Crippen LogP contribution in [-0.2, 0) is 11.3 Å². The fourth-order valence-electron chi connectivity index (χ4n) is 4.40. The lowest BCUT2D eigenvalue weighted by Crippen LogP contribution is -2.63. The number of aryl methyl sites for hydroxylation is 1. The van der Waals surface area contributed by atoms with Crippen LogP contribution in [0, 0.1) is 12.7 Å². The van der Waals surface area contributed by atoms with Crippen LogP contribution in [0.15, 0.2) is 29.8 Å². The number of amides is 1. The third-order valence-corrected chi connectivity index (χ3v) is 6.80. The predicted octanol–water partition coefficient (Wildman–Crippen LogP) is 3.53. The maximum absolute atomic E-state index is 14.1. The Morgan fingerprint density at radius 1 is 1.43 bits per heavy atom. The molecule has 2 aliphatic rings. The summed E-state index contributed by atoms with van der Waals surface area (Å²) in [5.74, 6) is -0.238. The monoisotopic (exact) mass is 403 g/mol. The zero-order valence-electron chi connectivity index (χ0n) is 16.1. The van der Waals surface area contributed by atoms with Gasteiger partial charge in [0.1, 0.15) is 16.3 Å². The highest BCUT2D eigenvalue weighted by Crippen LogP contribution is 2.35. The number of hydrogen-bond acceptors (Lipinski definition) is 5. The lowest BCUT2D eigenvalue weighted by Gasteiger charge is -2.49. The minimum absolute atomic E-state index is 0.0429. The molecule has 2 aromatic rings. The van der Waals surface area contributed by atoms with Gasteiger partial charge in [0.15, 0.2) is 0 Å². The average Bonchev–Trinajstić information content (AvgIpc) is 3.12. The number of carbonyl (C=O) groups is 1. The molecule has 0 radical (unpaired) electrons. The van der Waals surface area contributed by atoms with Crippen LogP contribution in [0.3, 0.4) is 0 Å². The standard InChI is InChI=1S/C21H26FN3O2S/c1-15-19(28-14-23-15)20(26)24-18-8-4-5-9-21(18)13-25(10-11-27-21)12-16-6-2-3-7-17(16)22/h2-3,6-7,14,18H,4-5,8-13H2,1H3,(H,24,26)/t18-,21+/m0/s1. The van der Waals surface area contributed by atoms with Crippen LogP contribution >= 0.6 is 11.3 Å². The Bertz CT molecular complexity index is 839. The summed E-state index contributed by atoms with van der Waals surface area (Å²) in [4.78, 5) is 19.9. The molecule has 1 aliphatic carbocycles. The Labute approximate surface area is 168 Å². The Morgan fingerprint density at radius 2 is 2.29 bits per heavy atom. The predicted molar refractivity (Wildman–Crippen MR) is 107 cm³/mol. The van der Waals surface area contributed by atoms with Crippen molar-refractivity contribution in [1.29, 1.82) is 0 Å². The summed E-state index contributed by atoms with van der Waals surface area (Å²) >= 11 is 1.37. The zero-order valence-corrected chi connectivity index (χ0v) is 16.9. The summed E-state index contributed by atoms with van der Waals surface area (Å²) < 4.78 is 20.4. The molecule has 1 saturated heterocycles. The Hall–Kier alpha value is -1.83. The molecule has 150 valence electrons. The fraction of sp³-hybridized carbons (Fsp3) is 0.524. The topological polar surface area (TPSA) is 54.5 Å². The van der Waals surface area contributed by atoms with Crippen molar-refractivity contribution >= 4 is 17.2 Å². The molecular formula is C21H26FN3O2S. The Kier molecular flexibility index (Phi) is 5.75. The molecule has 4 rings (SSSR count). The average molecular weight is 404 g/mol. The lowest BCUT2D eigenvalue weighted by molar-refractivity contribution is -0.143. The Morgan fingerprint density at radius 3 is 3.07 bits per heavy atom. The van der Waals surface area contributed by atoms with Crippen LogP contribution in [0.2, 0.25) is 0 Å². The number of halogens is 1. The maximum atomic E-state index is 14.1. The molecule has 1 N–H and O–H groups in total. The van der Waals surface area contributed by atoms with E-state index in [0.29, 0.717) is 30.1 Å². The number of morpholine rings is 1. The van der Waals surface area contributed by atoms with Crippen molar-refractivity contribution < 1.29 is 13.9 Å². The molecule has 0 bridgehead atoms. The molecule has 1 saturated carbocycles. The molecule has 1 aromatic heterocycles. The first-order chi connectivity index (χ1) is 13.6. The van der Waals surface area contributed by atoms with Gasteiger partial charge < -0.3 is 10.1 Å². The number of carbonyl (C=O) groups excluding carboxylic acids is 1. The second-order valence-corrected chi connectivity index (χ2v) is 8.61. The van der Waals surface area contributed by atoms with Gasteiger partial charge in [-0.05, 0) is 25.8 Å². The SMILES string of the molecule is Cc1ncsc1C(=O)N[C@H]1CCCC[C@@]12CN(Cc1ccccc1F)CCO2. The molecule has 0 unspecified atom stereocenters. The van der Waals surface area contributed by atoms with Gasteiger partial charge in [0.2, 0.25) is 0 Å². The van der Waals surface area contributed by atoms with Crippen LogP contribution in [0.4, 0.5) is 4.39 Å². The number of hydrogen-bond donors (Lipinski definition) is 1. The first-order valence-electron chi connectivity index (χ1n) is 9.88. The van der Waals surface area contributed by atoms with Crippen molar-refractivity contribution in [2.45, 2.75) is 50.8 Å². The van der Waals surface area contributed by atoms with Gasteiger partial charge in [0.05, 0.1) is 23.9 Å². The number of ether oxygens (including phenoxy) is 1. The zero-order chi connectivity index (χ0) is 19.6. The van der Waals surface area contributed by atoms with E-state index in [1.165, 1.54) is 17.4 Å². The van der Waals surface area contributed by atoms with Crippen molar-refractivity contribution in [3.05, 3.63) is 51.7 Å². The highest BCUT2D eigenvalue weighted by atomic mass is 32.1. The van der Waals surface area contributed by atoms with Crippen molar-refractivity contribution in [1.82, 2.24) is 15.2 Å². The largest absolute Gasteiger partial charge is 0.370 e. The number of benzene rings is 1. The minimum atomic E-state index is -0.407. The van der Waals surface area contributed by atoms with Gasteiger partial charge in [-0.2, -0.15) is 0 Å². The number of thiazole rings is 1. The Balaban J connectivity index is 1.49. The highest BCUT2D eigenvalue weighted by Gasteiger charge is 2.46. The quantitative estimate of drug-likeness (QED) is 0.849. The van der Waals surface area contributed by atoms with Crippen LogP contribution in [0.5, 0.6) is 0 Å². The van der Waals surface area contributed by atoms with Crippen LogP contribution in [0.1, 0.15) is 46.6 Å². The molecule has 1 aliphatic heterocycles. The van der Waals surface area contributed by atoms with Crippen molar-refractivity contribution in [3.8, 4) is 0 Å². The minimum Gasteiger partial charge on any atom is -0.370 e. The number of nitrogens with one attached hydrogen (secondary N) is 1. The fourth-order valence-corrected chi connectivity index (χ4v) is 5.11. The maximum Gasteiger partial charge on any atom is 0.263 e. The smallest absolute Gasteiger partial charge is 0.263 e. The van der Waals surface area contributed by atoms with E-state index in [1.54, 1.807) is 11.6 Å². The van der Waals surface area contributed by atoms with E-state index in [-0.39, 0.29) is 17.8 Å². The lowest BCUT2D eigenvalue weighted by atomic mass is 9.78. The van der Waals surface area contributed by atoms with E-state index >= 15 is 0 Å². The van der Waals surface area contributed by atoms with Gasteiger partial charge in [0.25, 0.3) is 5.91 Å². The number of aromatic nitrogens is 1. The first-order valence-corrected chi connectivity index (χ1v) is 10.8. The number of rotatable bonds is 4. The van der Waals surface area contributed by atoms with Crippen LogP contribution in [-0.4, -0.2) is 47.1 Å². The third kappa shape index (κ3) is 3.97. The molecule has 28 heavy (non-hydrogen) atoms. The molecule has 1 spiro atoms. The van der Waals surface area contributed by atoms with Crippen LogP contribution < -0.4 is 5.32 Å². The summed E-state index contributed by atoms with van der Waals surface area (Å²) in [6.45, 7) is 4.49.